The highest BCUT2D eigenvalue weighted by atomic mass is 35.5. The molecule has 0 unspecified atom stereocenters. The molecule has 0 aliphatic rings. The molecule has 0 aromatic heterocycles. The lowest BCUT2D eigenvalue weighted by molar-refractivity contribution is -0.124. The van der Waals surface area contributed by atoms with E-state index in [2.05, 4.69) is 5.32 Å². The number of rotatable bonds is 6. The first-order chi connectivity index (χ1) is 11.9. The molecule has 0 aliphatic carbocycles. The summed E-state index contributed by atoms with van der Waals surface area (Å²) in [6, 6.07) is 8.81. The van der Waals surface area contributed by atoms with Gasteiger partial charge in [-0.05, 0) is 48.4 Å². The molecule has 7 heteroatoms. The first-order valence-electron chi connectivity index (χ1n) is 7.43. The Morgan fingerprint density at radius 3 is 2.60 bits per heavy atom. The van der Waals surface area contributed by atoms with Crippen molar-refractivity contribution in [2.24, 2.45) is 0 Å². The van der Waals surface area contributed by atoms with Crippen LogP contribution in [-0.4, -0.2) is 25.6 Å². The molecule has 2 aromatic rings. The van der Waals surface area contributed by atoms with Crippen LogP contribution in [0.15, 0.2) is 36.4 Å². The van der Waals surface area contributed by atoms with Crippen molar-refractivity contribution in [3.63, 3.8) is 0 Å². The minimum Gasteiger partial charge on any atom is -0.497 e. The van der Waals surface area contributed by atoms with Crippen molar-refractivity contribution in [2.75, 3.05) is 13.7 Å². The number of amides is 1. The molecule has 0 spiro atoms. The van der Waals surface area contributed by atoms with E-state index in [0.717, 1.165) is 6.07 Å². The molecule has 0 bridgehead atoms. The van der Waals surface area contributed by atoms with Crippen LogP contribution in [0.1, 0.15) is 21.5 Å². The van der Waals surface area contributed by atoms with Crippen molar-refractivity contribution >= 4 is 23.5 Å². The summed E-state index contributed by atoms with van der Waals surface area (Å²) >= 11 is 5.88. The van der Waals surface area contributed by atoms with E-state index in [0.29, 0.717) is 22.4 Å². The van der Waals surface area contributed by atoms with Gasteiger partial charge in [0.25, 0.3) is 5.91 Å². The molecule has 132 valence electrons. The number of carbonyl (C=O) groups is 2. The maximum absolute atomic E-state index is 13.0. The van der Waals surface area contributed by atoms with Gasteiger partial charge in [0.05, 0.1) is 12.7 Å². The summed E-state index contributed by atoms with van der Waals surface area (Å²) in [6.45, 7) is 1.43. The van der Waals surface area contributed by atoms with Crippen LogP contribution in [0.4, 0.5) is 4.39 Å². The van der Waals surface area contributed by atoms with Gasteiger partial charge in [-0.3, -0.25) is 4.79 Å². The highest BCUT2D eigenvalue weighted by Gasteiger charge is 2.13. The fourth-order valence-corrected chi connectivity index (χ4v) is 2.34. The molecule has 0 saturated carbocycles. The van der Waals surface area contributed by atoms with Gasteiger partial charge in [-0.1, -0.05) is 17.7 Å². The number of nitrogens with one attached hydrogen (secondary N) is 1. The molecular formula is C18H17ClFNO4. The van der Waals surface area contributed by atoms with Crippen LogP contribution in [0, 0.1) is 12.7 Å². The van der Waals surface area contributed by atoms with Crippen molar-refractivity contribution in [3.8, 4) is 5.75 Å². The predicted octanol–water partition coefficient (Wildman–Crippen LogP) is 3.27. The van der Waals surface area contributed by atoms with Crippen LogP contribution in [0.25, 0.3) is 0 Å². The summed E-state index contributed by atoms with van der Waals surface area (Å²) in [7, 11) is 1.53. The van der Waals surface area contributed by atoms with Crippen molar-refractivity contribution in [2.45, 2.75) is 13.5 Å². The van der Waals surface area contributed by atoms with Crippen LogP contribution in [0.5, 0.6) is 5.75 Å². The third-order valence-electron chi connectivity index (χ3n) is 3.48. The summed E-state index contributed by atoms with van der Waals surface area (Å²) in [4.78, 5) is 23.8. The number of benzene rings is 2. The van der Waals surface area contributed by atoms with Gasteiger partial charge in [-0.2, -0.15) is 0 Å². The third-order valence-corrected chi connectivity index (χ3v) is 3.83. The van der Waals surface area contributed by atoms with Gasteiger partial charge in [0.2, 0.25) is 0 Å². The number of halogens is 2. The Morgan fingerprint density at radius 1 is 1.20 bits per heavy atom. The summed E-state index contributed by atoms with van der Waals surface area (Å²) in [5, 5.41) is 2.77. The van der Waals surface area contributed by atoms with Crippen molar-refractivity contribution in [1.29, 1.82) is 0 Å². The van der Waals surface area contributed by atoms with E-state index >= 15 is 0 Å². The van der Waals surface area contributed by atoms with Gasteiger partial charge >= 0.3 is 5.97 Å². The molecule has 0 atom stereocenters. The molecule has 2 aromatic carbocycles. The summed E-state index contributed by atoms with van der Waals surface area (Å²) in [5.74, 6) is -0.915. The Hall–Kier alpha value is -2.60. The monoisotopic (exact) mass is 365 g/mol. The SMILES string of the molecule is COc1ccc(C(=O)OCC(=O)NCc2ccc(F)cc2Cl)c(C)c1. The first-order valence-corrected chi connectivity index (χ1v) is 7.81. The Kier molecular flexibility index (Phi) is 6.36. The molecule has 2 rings (SSSR count). The Balaban J connectivity index is 1.86. The molecule has 1 amide bonds. The fraction of sp³-hybridized carbons (Fsp3) is 0.222. The molecular weight excluding hydrogens is 349 g/mol. The van der Waals surface area contributed by atoms with E-state index in [1.54, 1.807) is 25.1 Å². The van der Waals surface area contributed by atoms with Gasteiger partial charge in [0.1, 0.15) is 11.6 Å². The Morgan fingerprint density at radius 2 is 1.96 bits per heavy atom. The van der Waals surface area contributed by atoms with E-state index in [1.165, 1.54) is 19.2 Å². The zero-order valence-corrected chi connectivity index (χ0v) is 14.5. The van der Waals surface area contributed by atoms with Gasteiger partial charge < -0.3 is 14.8 Å². The van der Waals surface area contributed by atoms with E-state index in [1.807, 2.05) is 0 Å². The minimum absolute atomic E-state index is 0.108. The number of hydrogen-bond donors (Lipinski definition) is 1. The smallest absolute Gasteiger partial charge is 0.338 e. The largest absolute Gasteiger partial charge is 0.497 e. The molecule has 0 radical (unpaired) electrons. The normalized spacial score (nSPS) is 10.2. The quantitative estimate of drug-likeness (QED) is 0.798. The highest BCUT2D eigenvalue weighted by molar-refractivity contribution is 6.31. The van der Waals surface area contributed by atoms with Crippen LogP contribution in [0.3, 0.4) is 0 Å². The minimum atomic E-state index is -0.602. The van der Waals surface area contributed by atoms with Crippen molar-refractivity contribution in [3.05, 3.63) is 63.9 Å². The maximum atomic E-state index is 13.0. The van der Waals surface area contributed by atoms with Crippen LogP contribution < -0.4 is 10.1 Å². The molecule has 1 N–H and O–H groups in total. The zero-order valence-electron chi connectivity index (χ0n) is 13.8. The van der Waals surface area contributed by atoms with Gasteiger partial charge in [0, 0.05) is 11.6 Å². The lowest BCUT2D eigenvalue weighted by Gasteiger charge is -2.10. The standard InChI is InChI=1S/C18H17ClFNO4/c1-11-7-14(24-2)5-6-15(11)18(23)25-10-17(22)21-9-12-3-4-13(20)8-16(12)19/h3-8H,9-10H2,1-2H3,(H,21,22). The molecule has 25 heavy (non-hydrogen) atoms. The number of ether oxygens (including phenoxy) is 2. The molecule has 0 aliphatic heterocycles. The first kappa shape index (κ1) is 18.7. The lowest BCUT2D eigenvalue weighted by Crippen LogP contribution is -2.28. The van der Waals surface area contributed by atoms with Crippen molar-refractivity contribution in [1.82, 2.24) is 5.32 Å². The maximum Gasteiger partial charge on any atom is 0.338 e. The second-order valence-electron chi connectivity index (χ2n) is 5.27. The average Bonchev–Trinajstić information content (AvgIpc) is 2.58. The highest BCUT2D eigenvalue weighted by Crippen LogP contribution is 2.18. The third kappa shape index (κ3) is 5.19. The summed E-state index contributed by atoms with van der Waals surface area (Å²) in [6.07, 6.45) is 0. The molecule has 0 fully saturated rings. The van der Waals surface area contributed by atoms with Crippen LogP contribution >= 0.6 is 11.6 Å². The second-order valence-corrected chi connectivity index (χ2v) is 5.68. The van der Waals surface area contributed by atoms with E-state index in [9.17, 15) is 14.0 Å². The van der Waals surface area contributed by atoms with Crippen LogP contribution in [0.2, 0.25) is 5.02 Å². The second kappa shape index (κ2) is 8.48. The van der Waals surface area contributed by atoms with E-state index in [-0.39, 0.29) is 11.6 Å². The topological polar surface area (TPSA) is 64.6 Å². The molecule has 5 nitrogen and oxygen atoms in total. The van der Waals surface area contributed by atoms with Gasteiger partial charge in [0.15, 0.2) is 6.61 Å². The van der Waals surface area contributed by atoms with E-state index in [4.69, 9.17) is 21.1 Å². The lowest BCUT2D eigenvalue weighted by atomic mass is 10.1. The predicted molar refractivity (Wildman–Crippen MR) is 91.3 cm³/mol. The number of aryl methyl sites for hydroxylation is 1. The number of esters is 1. The van der Waals surface area contributed by atoms with Gasteiger partial charge in [-0.25, -0.2) is 9.18 Å². The fourth-order valence-electron chi connectivity index (χ4n) is 2.11. The number of carbonyl (C=O) groups excluding carboxylic acids is 2. The van der Waals surface area contributed by atoms with E-state index < -0.39 is 24.3 Å². The van der Waals surface area contributed by atoms with Crippen molar-refractivity contribution < 1.29 is 23.5 Å². The van der Waals surface area contributed by atoms with Gasteiger partial charge in [-0.15, -0.1) is 0 Å². The Bertz CT molecular complexity index is 795. The average molecular weight is 366 g/mol. The number of hydrogen-bond acceptors (Lipinski definition) is 4. The number of methoxy groups -OCH3 is 1. The molecule has 0 saturated heterocycles. The zero-order chi connectivity index (χ0) is 18.4. The Labute approximate surface area is 149 Å². The van der Waals surface area contributed by atoms with Crippen LogP contribution in [-0.2, 0) is 16.1 Å². The summed E-state index contributed by atoms with van der Waals surface area (Å²) < 4.78 is 23.0. The molecule has 0 heterocycles. The summed E-state index contributed by atoms with van der Waals surface area (Å²) in [5.41, 5.74) is 1.60.